The SMILES string of the molecule is CCOc1ccc(NC(=O)c2ccc(N3CCCCC3CC)nn2)cc1. The summed E-state index contributed by atoms with van der Waals surface area (Å²) in [5.74, 6) is 1.37. The van der Waals surface area contributed by atoms with E-state index in [0.29, 0.717) is 24.0 Å². The highest BCUT2D eigenvalue weighted by molar-refractivity contribution is 6.02. The monoisotopic (exact) mass is 354 g/mol. The third kappa shape index (κ3) is 4.31. The molecule has 1 N–H and O–H groups in total. The number of carbonyl (C=O) groups is 1. The van der Waals surface area contributed by atoms with Crippen LogP contribution in [0.5, 0.6) is 5.75 Å². The number of piperidine rings is 1. The quantitative estimate of drug-likeness (QED) is 0.852. The molecule has 0 radical (unpaired) electrons. The maximum atomic E-state index is 12.4. The van der Waals surface area contributed by atoms with Crippen LogP contribution in [0.25, 0.3) is 0 Å². The summed E-state index contributed by atoms with van der Waals surface area (Å²) in [6.07, 6.45) is 4.74. The molecule has 1 saturated heterocycles. The molecule has 1 unspecified atom stereocenters. The second-order valence-corrected chi connectivity index (χ2v) is 6.44. The third-order valence-corrected chi connectivity index (χ3v) is 4.70. The summed E-state index contributed by atoms with van der Waals surface area (Å²) in [4.78, 5) is 14.7. The largest absolute Gasteiger partial charge is 0.494 e. The molecule has 1 aromatic carbocycles. The molecule has 138 valence electrons. The van der Waals surface area contributed by atoms with Crippen molar-refractivity contribution < 1.29 is 9.53 Å². The molecule has 3 rings (SSSR count). The number of aromatic nitrogens is 2. The molecule has 0 spiro atoms. The molecule has 2 aromatic rings. The molecule has 0 saturated carbocycles. The summed E-state index contributed by atoms with van der Waals surface area (Å²) in [6, 6.07) is 11.4. The van der Waals surface area contributed by atoms with Crippen molar-refractivity contribution in [2.75, 3.05) is 23.4 Å². The normalized spacial score (nSPS) is 17.0. The van der Waals surface area contributed by atoms with Crippen LogP contribution >= 0.6 is 0 Å². The van der Waals surface area contributed by atoms with E-state index < -0.39 is 0 Å². The molecule has 26 heavy (non-hydrogen) atoms. The molecule has 1 amide bonds. The van der Waals surface area contributed by atoms with Crippen molar-refractivity contribution in [3.05, 3.63) is 42.1 Å². The van der Waals surface area contributed by atoms with Gasteiger partial charge in [-0.25, -0.2) is 0 Å². The summed E-state index contributed by atoms with van der Waals surface area (Å²) in [6.45, 7) is 5.76. The van der Waals surface area contributed by atoms with E-state index in [4.69, 9.17) is 4.74 Å². The van der Waals surface area contributed by atoms with Crippen LogP contribution in [0.15, 0.2) is 36.4 Å². The first-order valence-corrected chi connectivity index (χ1v) is 9.35. The molecule has 0 aliphatic carbocycles. The van der Waals surface area contributed by atoms with E-state index in [0.717, 1.165) is 24.5 Å². The van der Waals surface area contributed by atoms with Gasteiger partial charge in [0.1, 0.15) is 5.75 Å². The molecule has 6 nitrogen and oxygen atoms in total. The number of hydrogen-bond donors (Lipinski definition) is 1. The first-order chi connectivity index (χ1) is 12.7. The average Bonchev–Trinajstić information content (AvgIpc) is 2.70. The van der Waals surface area contributed by atoms with Crippen LogP contribution in [-0.2, 0) is 0 Å². The summed E-state index contributed by atoms with van der Waals surface area (Å²) < 4.78 is 5.40. The fourth-order valence-electron chi connectivity index (χ4n) is 3.32. The van der Waals surface area contributed by atoms with E-state index in [1.807, 2.05) is 37.3 Å². The second-order valence-electron chi connectivity index (χ2n) is 6.44. The number of anilines is 2. The predicted molar refractivity (Wildman–Crippen MR) is 103 cm³/mol. The van der Waals surface area contributed by atoms with Crippen LogP contribution < -0.4 is 15.0 Å². The summed E-state index contributed by atoms with van der Waals surface area (Å²) >= 11 is 0. The van der Waals surface area contributed by atoms with E-state index >= 15 is 0 Å². The van der Waals surface area contributed by atoms with Crippen LogP contribution in [0.4, 0.5) is 11.5 Å². The highest BCUT2D eigenvalue weighted by Crippen LogP contribution is 2.24. The Kier molecular flexibility index (Phi) is 6.04. The number of carbonyl (C=O) groups excluding carboxylic acids is 1. The van der Waals surface area contributed by atoms with Gasteiger partial charge in [-0.3, -0.25) is 4.79 Å². The smallest absolute Gasteiger partial charge is 0.276 e. The fraction of sp³-hybridized carbons (Fsp3) is 0.450. The van der Waals surface area contributed by atoms with Gasteiger partial charge in [-0.2, -0.15) is 0 Å². The number of amides is 1. The minimum atomic E-state index is -0.265. The minimum absolute atomic E-state index is 0.265. The zero-order valence-electron chi connectivity index (χ0n) is 15.4. The number of benzene rings is 1. The Bertz CT molecular complexity index is 716. The third-order valence-electron chi connectivity index (χ3n) is 4.70. The number of nitrogens with one attached hydrogen (secondary N) is 1. The second kappa shape index (κ2) is 8.65. The van der Waals surface area contributed by atoms with Crippen molar-refractivity contribution in [1.82, 2.24) is 10.2 Å². The van der Waals surface area contributed by atoms with Crippen LogP contribution in [0.2, 0.25) is 0 Å². The van der Waals surface area contributed by atoms with Crippen LogP contribution in [0.3, 0.4) is 0 Å². The molecule has 1 aromatic heterocycles. The van der Waals surface area contributed by atoms with E-state index in [1.165, 1.54) is 19.3 Å². The lowest BCUT2D eigenvalue weighted by molar-refractivity contribution is 0.102. The van der Waals surface area contributed by atoms with Crippen molar-refractivity contribution in [3.63, 3.8) is 0 Å². The van der Waals surface area contributed by atoms with E-state index in [2.05, 4.69) is 27.3 Å². The minimum Gasteiger partial charge on any atom is -0.494 e. The zero-order valence-corrected chi connectivity index (χ0v) is 15.4. The zero-order chi connectivity index (χ0) is 18.4. The molecule has 1 aliphatic rings. The van der Waals surface area contributed by atoms with Gasteiger partial charge in [0.05, 0.1) is 6.61 Å². The van der Waals surface area contributed by atoms with Gasteiger partial charge in [-0.05, 0) is 69.0 Å². The van der Waals surface area contributed by atoms with Gasteiger partial charge in [0.25, 0.3) is 5.91 Å². The maximum Gasteiger partial charge on any atom is 0.276 e. The molecule has 6 heteroatoms. The van der Waals surface area contributed by atoms with Crippen LogP contribution in [-0.4, -0.2) is 35.3 Å². The number of hydrogen-bond acceptors (Lipinski definition) is 5. The van der Waals surface area contributed by atoms with Crippen molar-refractivity contribution in [1.29, 1.82) is 0 Å². The van der Waals surface area contributed by atoms with Gasteiger partial charge >= 0.3 is 0 Å². The van der Waals surface area contributed by atoms with Gasteiger partial charge in [-0.15, -0.1) is 10.2 Å². The molecular formula is C20H26N4O2. The van der Waals surface area contributed by atoms with Gasteiger partial charge in [-0.1, -0.05) is 6.92 Å². The fourth-order valence-corrected chi connectivity index (χ4v) is 3.32. The Hall–Kier alpha value is -2.63. The molecule has 1 fully saturated rings. The van der Waals surface area contributed by atoms with Crippen molar-refractivity contribution in [2.24, 2.45) is 0 Å². The van der Waals surface area contributed by atoms with E-state index in [9.17, 15) is 4.79 Å². The van der Waals surface area contributed by atoms with Crippen LogP contribution in [0.1, 0.15) is 50.0 Å². The highest BCUT2D eigenvalue weighted by Gasteiger charge is 2.22. The van der Waals surface area contributed by atoms with Crippen molar-refractivity contribution in [3.8, 4) is 5.75 Å². The summed E-state index contributed by atoms with van der Waals surface area (Å²) in [5, 5.41) is 11.3. The predicted octanol–water partition coefficient (Wildman–Crippen LogP) is 3.90. The first kappa shape index (κ1) is 18.2. The molecule has 0 bridgehead atoms. The molecule has 1 aliphatic heterocycles. The van der Waals surface area contributed by atoms with E-state index in [1.54, 1.807) is 6.07 Å². The molecule has 2 heterocycles. The highest BCUT2D eigenvalue weighted by atomic mass is 16.5. The van der Waals surface area contributed by atoms with Gasteiger partial charge in [0.15, 0.2) is 11.5 Å². The Morgan fingerprint density at radius 3 is 2.62 bits per heavy atom. The lowest BCUT2D eigenvalue weighted by atomic mass is 10.0. The Morgan fingerprint density at radius 1 is 1.15 bits per heavy atom. The van der Waals surface area contributed by atoms with Gasteiger partial charge in [0.2, 0.25) is 0 Å². The average molecular weight is 354 g/mol. The van der Waals surface area contributed by atoms with E-state index in [-0.39, 0.29) is 5.91 Å². The van der Waals surface area contributed by atoms with Crippen molar-refractivity contribution >= 4 is 17.4 Å². The molecule has 1 atom stereocenters. The standard InChI is InChI=1S/C20H26N4O2/c1-3-16-7-5-6-14-24(16)19-13-12-18(22-23-19)20(25)21-15-8-10-17(11-9-15)26-4-2/h8-13,16H,3-7,14H2,1-2H3,(H,21,25). The molecular weight excluding hydrogens is 328 g/mol. The number of ether oxygens (including phenoxy) is 1. The summed E-state index contributed by atoms with van der Waals surface area (Å²) in [7, 11) is 0. The Morgan fingerprint density at radius 2 is 1.96 bits per heavy atom. The van der Waals surface area contributed by atoms with Gasteiger partial charge in [0, 0.05) is 18.3 Å². The topological polar surface area (TPSA) is 67.3 Å². The first-order valence-electron chi connectivity index (χ1n) is 9.35. The maximum absolute atomic E-state index is 12.4. The van der Waals surface area contributed by atoms with Crippen LogP contribution in [0, 0.1) is 0 Å². The number of rotatable bonds is 6. The van der Waals surface area contributed by atoms with Gasteiger partial charge < -0.3 is 15.0 Å². The lowest BCUT2D eigenvalue weighted by Gasteiger charge is -2.35. The van der Waals surface area contributed by atoms with Crippen molar-refractivity contribution in [2.45, 2.75) is 45.6 Å². The summed E-state index contributed by atoms with van der Waals surface area (Å²) in [5.41, 5.74) is 1.01. The number of nitrogens with zero attached hydrogens (tertiary/aromatic N) is 3. The Balaban J connectivity index is 1.64. The lowest BCUT2D eigenvalue weighted by Crippen LogP contribution is -2.39. The Labute approximate surface area is 154 Å².